The first-order valence-corrected chi connectivity index (χ1v) is 11.0. The first kappa shape index (κ1) is 22.0. The summed E-state index contributed by atoms with van der Waals surface area (Å²) in [5, 5.41) is 2.93. The highest BCUT2D eigenvalue weighted by molar-refractivity contribution is 9.10. The standard InChI is InChI=1S/C25H24BrNO5/c1-29-22-14-21-19(23(30-2)24(22)31-3)11-12-20(32-21)15-5-4-6-16(13-15)25(28)27-18-9-7-17(26)8-10-18/h4-10,13-14,20H,11-12H2,1-3H3,(H,27,28). The summed E-state index contributed by atoms with van der Waals surface area (Å²) in [6.07, 6.45) is 1.31. The molecule has 32 heavy (non-hydrogen) atoms. The lowest BCUT2D eigenvalue weighted by atomic mass is 9.95. The fraction of sp³-hybridized carbons (Fsp3) is 0.240. The van der Waals surface area contributed by atoms with Gasteiger partial charge in [-0.05, 0) is 54.8 Å². The number of ether oxygens (including phenoxy) is 4. The first-order chi connectivity index (χ1) is 15.5. The molecular weight excluding hydrogens is 474 g/mol. The fourth-order valence-electron chi connectivity index (χ4n) is 3.87. The molecule has 0 aromatic heterocycles. The number of carbonyl (C=O) groups excluding carboxylic acids is 1. The van der Waals surface area contributed by atoms with Crippen LogP contribution >= 0.6 is 15.9 Å². The van der Waals surface area contributed by atoms with Crippen LogP contribution in [0.1, 0.15) is 34.0 Å². The zero-order valence-electron chi connectivity index (χ0n) is 18.1. The summed E-state index contributed by atoms with van der Waals surface area (Å²) in [6, 6.07) is 16.8. The predicted molar refractivity (Wildman–Crippen MR) is 126 cm³/mol. The van der Waals surface area contributed by atoms with Gasteiger partial charge < -0.3 is 24.3 Å². The summed E-state index contributed by atoms with van der Waals surface area (Å²) in [6.45, 7) is 0. The molecule has 1 amide bonds. The highest BCUT2D eigenvalue weighted by Gasteiger charge is 2.29. The number of fused-ring (bicyclic) bond motifs is 1. The molecule has 0 spiro atoms. The Hall–Kier alpha value is -3.19. The average Bonchev–Trinajstić information content (AvgIpc) is 2.83. The van der Waals surface area contributed by atoms with Gasteiger partial charge in [0.05, 0.1) is 21.3 Å². The van der Waals surface area contributed by atoms with Gasteiger partial charge in [-0.25, -0.2) is 0 Å². The third-order valence-corrected chi connectivity index (χ3v) is 5.97. The molecule has 6 nitrogen and oxygen atoms in total. The van der Waals surface area contributed by atoms with E-state index in [9.17, 15) is 4.79 Å². The monoisotopic (exact) mass is 497 g/mol. The summed E-state index contributed by atoms with van der Waals surface area (Å²) in [7, 11) is 4.78. The van der Waals surface area contributed by atoms with Crippen molar-refractivity contribution >= 4 is 27.5 Å². The number of hydrogen-bond donors (Lipinski definition) is 1. The van der Waals surface area contributed by atoms with Gasteiger partial charge in [0.1, 0.15) is 11.9 Å². The van der Waals surface area contributed by atoms with Crippen LogP contribution in [-0.2, 0) is 6.42 Å². The molecule has 0 radical (unpaired) electrons. The predicted octanol–water partition coefficient (Wildman–Crippen LogP) is 5.79. The molecule has 0 fully saturated rings. The third-order valence-electron chi connectivity index (χ3n) is 5.44. The highest BCUT2D eigenvalue weighted by Crippen LogP contribution is 2.49. The summed E-state index contributed by atoms with van der Waals surface area (Å²) < 4.78 is 23.8. The number of nitrogens with one attached hydrogen (secondary N) is 1. The largest absolute Gasteiger partial charge is 0.493 e. The maximum Gasteiger partial charge on any atom is 0.255 e. The van der Waals surface area contributed by atoms with E-state index in [4.69, 9.17) is 18.9 Å². The Balaban J connectivity index is 1.57. The minimum Gasteiger partial charge on any atom is -0.493 e. The average molecular weight is 498 g/mol. The molecule has 3 aromatic rings. The lowest BCUT2D eigenvalue weighted by molar-refractivity contribution is 0.102. The molecule has 7 heteroatoms. The second kappa shape index (κ2) is 9.53. The molecule has 166 valence electrons. The molecule has 1 aliphatic heterocycles. The lowest BCUT2D eigenvalue weighted by Crippen LogP contribution is -2.18. The third kappa shape index (κ3) is 4.39. The zero-order chi connectivity index (χ0) is 22.7. The number of halogens is 1. The van der Waals surface area contributed by atoms with Gasteiger partial charge >= 0.3 is 0 Å². The number of methoxy groups -OCH3 is 3. The van der Waals surface area contributed by atoms with E-state index in [1.165, 1.54) is 0 Å². The second-order valence-electron chi connectivity index (χ2n) is 7.35. The zero-order valence-corrected chi connectivity index (χ0v) is 19.7. The van der Waals surface area contributed by atoms with Crippen LogP contribution in [0.25, 0.3) is 0 Å². The lowest BCUT2D eigenvalue weighted by Gasteiger charge is -2.29. The Labute approximate surface area is 195 Å². The Morgan fingerprint density at radius 1 is 1.00 bits per heavy atom. The fourth-order valence-corrected chi connectivity index (χ4v) is 4.14. The van der Waals surface area contributed by atoms with Gasteiger partial charge in [-0.3, -0.25) is 4.79 Å². The number of hydrogen-bond acceptors (Lipinski definition) is 5. The molecule has 0 bridgehead atoms. The van der Waals surface area contributed by atoms with Gasteiger partial charge in [-0.2, -0.15) is 0 Å². The van der Waals surface area contributed by atoms with Crippen molar-refractivity contribution in [2.45, 2.75) is 18.9 Å². The maximum atomic E-state index is 12.8. The van der Waals surface area contributed by atoms with Gasteiger partial charge in [-0.15, -0.1) is 0 Å². The van der Waals surface area contributed by atoms with E-state index in [0.717, 1.165) is 34.1 Å². The maximum absolute atomic E-state index is 12.8. The quantitative estimate of drug-likeness (QED) is 0.466. The summed E-state index contributed by atoms with van der Waals surface area (Å²) in [5.41, 5.74) is 3.20. The molecule has 1 atom stereocenters. The van der Waals surface area contributed by atoms with Crippen molar-refractivity contribution in [2.24, 2.45) is 0 Å². The molecule has 4 rings (SSSR count). The van der Waals surface area contributed by atoms with Gasteiger partial charge in [0, 0.05) is 27.4 Å². The number of benzene rings is 3. The summed E-state index contributed by atoms with van der Waals surface area (Å²) >= 11 is 3.40. The van der Waals surface area contributed by atoms with E-state index in [0.29, 0.717) is 28.6 Å². The smallest absolute Gasteiger partial charge is 0.255 e. The summed E-state index contributed by atoms with van der Waals surface area (Å²) in [5.74, 6) is 2.26. The van der Waals surface area contributed by atoms with Gasteiger partial charge in [-0.1, -0.05) is 28.1 Å². The minimum atomic E-state index is -0.189. The van der Waals surface area contributed by atoms with Crippen LogP contribution in [-0.4, -0.2) is 27.2 Å². The SMILES string of the molecule is COc1cc2c(c(OC)c1OC)CCC(c1cccc(C(=O)Nc3ccc(Br)cc3)c1)O2. The van der Waals surface area contributed by atoms with Crippen molar-refractivity contribution in [3.8, 4) is 23.0 Å². The van der Waals surface area contributed by atoms with Crippen LogP contribution < -0.4 is 24.3 Å². The molecule has 1 aliphatic rings. The van der Waals surface area contributed by atoms with E-state index < -0.39 is 0 Å². The van der Waals surface area contributed by atoms with Gasteiger partial charge in [0.15, 0.2) is 11.5 Å². The highest BCUT2D eigenvalue weighted by atomic mass is 79.9. The van der Waals surface area contributed by atoms with Crippen LogP contribution in [0.5, 0.6) is 23.0 Å². The van der Waals surface area contributed by atoms with E-state index in [1.807, 2.05) is 48.5 Å². The normalized spacial score (nSPS) is 14.7. The van der Waals surface area contributed by atoms with Crippen molar-refractivity contribution in [1.82, 2.24) is 0 Å². The van der Waals surface area contributed by atoms with Crippen LogP contribution in [0.3, 0.4) is 0 Å². The molecule has 0 saturated carbocycles. The van der Waals surface area contributed by atoms with E-state index in [-0.39, 0.29) is 12.0 Å². The molecule has 0 saturated heterocycles. The van der Waals surface area contributed by atoms with Crippen molar-refractivity contribution < 1.29 is 23.7 Å². The molecule has 1 unspecified atom stereocenters. The minimum absolute atomic E-state index is 0.168. The Kier molecular flexibility index (Phi) is 6.55. The Morgan fingerprint density at radius 3 is 2.44 bits per heavy atom. The number of rotatable bonds is 6. The van der Waals surface area contributed by atoms with Crippen molar-refractivity contribution in [3.63, 3.8) is 0 Å². The van der Waals surface area contributed by atoms with Crippen LogP contribution in [0, 0.1) is 0 Å². The molecule has 3 aromatic carbocycles. The van der Waals surface area contributed by atoms with E-state index in [2.05, 4.69) is 21.2 Å². The Bertz CT molecular complexity index is 1130. The molecule has 0 aliphatic carbocycles. The number of anilines is 1. The first-order valence-electron chi connectivity index (χ1n) is 10.2. The topological polar surface area (TPSA) is 66.0 Å². The summed E-state index contributed by atoms with van der Waals surface area (Å²) in [4.78, 5) is 12.8. The van der Waals surface area contributed by atoms with E-state index >= 15 is 0 Å². The van der Waals surface area contributed by atoms with Crippen molar-refractivity contribution in [1.29, 1.82) is 0 Å². The molecule has 1 heterocycles. The second-order valence-corrected chi connectivity index (χ2v) is 8.27. The van der Waals surface area contributed by atoms with Gasteiger partial charge in [0.25, 0.3) is 5.91 Å². The molecule has 1 N–H and O–H groups in total. The van der Waals surface area contributed by atoms with Crippen molar-refractivity contribution in [3.05, 3.63) is 75.8 Å². The van der Waals surface area contributed by atoms with Crippen LogP contribution in [0.4, 0.5) is 5.69 Å². The number of amides is 1. The Morgan fingerprint density at radius 2 is 1.75 bits per heavy atom. The molecular formula is C25H24BrNO5. The number of carbonyl (C=O) groups is 1. The van der Waals surface area contributed by atoms with Crippen molar-refractivity contribution in [2.75, 3.05) is 26.6 Å². The van der Waals surface area contributed by atoms with E-state index in [1.54, 1.807) is 27.4 Å². The van der Waals surface area contributed by atoms with Crippen LogP contribution in [0.15, 0.2) is 59.1 Å². The van der Waals surface area contributed by atoms with Crippen LogP contribution in [0.2, 0.25) is 0 Å². The van der Waals surface area contributed by atoms with Gasteiger partial charge in [0.2, 0.25) is 5.75 Å².